The summed E-state index contributed by atoms with van der Waals surface area (Å²) in [5.41, 5.74) is 1.00. The van der Waals surface area contributed by atoms with Gasteiger partial charge in [0, 0.05) is 36.9 Å². The fourth-order valence-electron chi connectivity index (χ4n) is 3.25. The monoisotopic (exact) mass is 368 g/mol. The van der Waals surface area contributed by atoms with Gasteiger partial charge >= 0.3 is 0 Å². The largest absolute Gasteiger partial charge is 0.355 e. The lowest BCUT2D eigenvalue weighted by atomic mass is 10.1. The van der Waals surface area contributed by atoms with Gasteiger partial charge in [0.05, 0.1) is 5.52 Å². The summed E-state index contributed by atoms with van der Waals surface area (Å²) in [7, 11) is 0. The number of hydrogen-bond acceptors (Lipinski definition) is 4. The number of fused-ring (bicyclic) bond motifs is 1. The normalized spacial score (nSPS) is 15.1. The van der Waals surface area contributed by atoms with E-state index < -0.39 is 0 Å². The number of carbonyl (C=O) groups is 1. The molecule has 5 heteroatoms. The number of aromatic nitrogens is 2. The molecule has 0 aliphatic heterocycles. The van der Waals surface area contributed by atoms with Crippen LogP contribution in [-0.2, 0) is 4.79 Å². The van der Waals surface area contributed by atoms with Crippen LogP contribution in [0.4, 0.5) is 5.82 Å². The van der Waals surface area contributed by atoms with Gasteiger partial charge in [-0.05, 0) is 44.2 Å². The lowest BCUT2D eigenvalue weighted by molar-refractivity contribution is -0.121. The van der Waals surface area contributed by atoms with E-state index in [0.717, 1.165) is 35.5 Å². The van der Waals surface area contributed by atoms with Gasteiger partial charge in [0.25, 0.3) is 0 Å². The van der Waals surface area contributed by atoms with Gasteiger partial charge in [-0.15, -0.1) is 0 Å². The molecule has 1 amide bonds. The topological polar surface area (TPSA) is 58.1 Å². The van der Waals surface area contributed by atoms with Crippen molar-refractivity contribution in [2.75, 3.05) is 18.0 Å². The molecule has 2 aromatic rings. The van der Waals surface area contributed by atoms with Crippen LogP contribution in [0.1, 0.15) is 65.1 Å². The van der Waals surface area contributed by atoms with E-state index in [9.17, 15) is 4.79 Å². The number of nitrogens with one attached hydrogen (secondary N) is 1. The van der Waals surface area contributed by atoms with Crippen LogP contribution in [0.3, 0.4) is 0 Å². The summed E-state index contributed by atoms with van der Waals surface area (Å²) in [5.74, 6) is 3.04. The summed E-state index contributed by atoms with van der Waals surface area (Å²) >= 11 is 0. The number of anilines is 1. The Morgan fingerprint density at radius 3 is 2.63 bits per heavy atom. The zero-order chi connectivity index (χ0) is 19.4. The van der Waals surface area contributed by atoms with Crippen LogP contribution in [0, 0.1) is 5.92 Å². The molecule has 1 aromatic heterocycles. The fraction of sp³-hybridized carbons (Fsp3) is 0.591. The molecule has 1 aliphatic rings. The second kappa shape index (κ2) is 8.68. The maximum atomic E-state index is 12.3. The Morgan fingerprint density at radius 2 is 1.96 bits per heavy atom. The van der Waals surface area contributed by atoms with Crippen molar-refractivity contribution in [3.05, 3.63) is 30.1 Å². The number of hydrogen-bond donors (Lipinski definition) is 1. The maximum absolute atomic E-state index is 12.3. The molecule has 5 nitrogen and oxygen atoms in total. The highest BCUT2D eigenvalue weighted by molar-refractivity contribution is 5.90. The van der Waals surface area contributed by atoms with Crippen molar-refractivity contribution in [1.29, 1.82) is 0 Å². The first kappa shape index (κ1) is 19.6. The van der Waals surface area contributed by atoms with Gasteiger partial charge in [0.15, 0.2) is 0 Å². The maximum Gasteiger partial charge on any atom is 0.221 e. The molecular formula is C22H32N4O. The number of amides is 1. The van der Waals surface area contributed by atoms with E-state index in [1.165, 1.54) is 12.8 Å². The van der Waals surface area contributed by atoms with E-state index in [1.54, 1.807) is 0 Å². The highest BCUT2D eigenvalue weighted by Gasteiger charge is 2.28. The van der Waals surface area contributed by atoms with Gasteiger partial charge < -0.3 is 10.2 Å². The van der Waals surface area contributed by atoms with E-state index in [4.69, 9.17) is 9.97 Å². The van der Waals surface area contributed by atoms with E-state index >= 15 is 0 Å². The summed E-state index contributed by atoms with van der Waals surface area (Å²) in [5, 5.41) is 4.14. The molecule has 0 unspecified atom stereocenters. The molecule has 146 valence electrons. The van der Waals surface area contributed by atoms with Crippen LogP contribution in [0.5, 0.6) is 0 Å². The first-order valence-electron chi connectivity index (χ1n) is 10.3. The van der Waals surface area contributed by atoms with E-state index in [-0.39, 0.29) is 11.9 Å². The second-order valence-corrected chi connectivity index (χ2v) is 8.16. The van der Waals surface area contributed by atoms with Crippen LogP contribution in [0.15, 0.2) is 24.3 Å². The molecule has 1 heterocycles. The lowest BCUT2D eigenvalue weighted by Crippen LogP contribution is -2.37. The molecule has 1 N–H and O–H groups in total. The van der Waals surface area contributed by atoms with Gasteiger partial charge in [-0.1, -0.05) is 32.9 Å². The third-order valence-corrected chi connectivity index (χ3v) is 5.06. The van der Waals surface area contributed by atoms with Crippen LogP contribution in [-0.4, -0.2) is 35.0 Å². The first-order chi connectivity index (χ1) is 13.0. The predicted molar refractivity (Wildman–Crippen MR) is 111 cm³/mol. The number of carbonyl (C=O) groups excluding carboxylic acids is 1. The van der Waals surface area contributed by atoms with E-state index in [1.807, 2.05) is 19.1 Å². The van der Waals surface area contributed by atoms with E-state index in [0.29, 0.717) is 24.8 Å². The van der Waals surface area contributed by atoms with Gasteiger partial charge in [-0.3, -0.25) is 4.79 Å². The van der Waals surface area contributed by atoms with Gasteiger partial charge in [-0.2, -0.15) is 0 Å². The molecule has 3 rings (SSSR count). The van der Waals surface area contributed by atoms with Gasteiger partial charge in [0.2, 0.25) is 5.91 Å². The average molecular weight is 369 g/mol. The van der Waals surface area contributed by atoms with Crippen LogP contribution < -0.4 is 10.2 Å². The minimum atomic E-state index is 0.110. The Bertz CT molecular complexity index is 785. The number of rotatable bonds is 9. The molecule has 1 fully saturated rings. The highest BCUT2D eigenvalue weighted by Crippen LogP contribution is 2.39. The quantitative estimate of drug-likeness (QED) is 0.718. The van der Waals surface area contributed by atoms with Crippen molar-refractivity contribution in [2.24, 2.45) is 5.92 Å². The molecule has 0 saturated heterocycles. The molecule has 1 aromatic carbocycles. The third kappa shape index (κ3) is 5.18. The second-order valence-electron chi connectivity index (χ2n) is 8.16. The molecule has 0 radical (unpaired) electrons. The molecule has 0 spiro atoms. The summed E-state index contributed by atoms with van der Waals surface area (Å²) in [4.78, 5) is 24.3. The van der Waals surface area contributed by atoms with E-state index in [2.05, 4.69) is 43.1 Å². The number of nitrogens with zero attached hydrogens (tertiary/aromatic N) is 3. The van der Waals surface area contributed by atoms with Crippen molar-refractivity contribution in [2.45, 2.75) is 65.3 Å². The molecule has 0 bridgehead atoms. The van der Waals surface area contributed by atoms with Crippen molar-refractivity contribution >= 4 is 22.6 Å². The van der Waals surface area contributed by atoms with Gasteiger partial charge in [0.1, 0.15) is 11.6 Å². The van der Waals surface area contributed by atoms with Crippen molar-refractivity contribution in [3.8, 4) is 0 Å². The summed E-state index contributed by atoms with van der Waals surface area (Å²) in [6.45, 7) is 10.1. The summed E-state index contributed by atoms with van der Waals surface area (Å²) < 4.78 is 0. The zero-order valence-corrected chi connectivity index (χ0v) is 17.0. The van der Waals surface area contributed by atoms with Gasteiger partial charge in [-0.25, -0.2) is 9.97 Å². The summed E-state index contributed by atoms with van der Waals surface area (Å²) in [6.07, 6.45) is 3.79. The number of para-hydroxylation sites is 1. The third-order valence-electron chi connectivity index (χ3n) is 5.06. The van der Waals surface area contributed by atoms with Crippen molar-refractivity contribution in [1.82, 2.24) is 15.3 Å². The first-order valence-corrected chi connectivity index (χ1v) is 10.3. The Kier molecular flexibility index (Phi) is 6.30. The highest BCUT2D eigenvalue weighted by atomic mass is 16.1. The molecule has 1 saturated carbocycles. The summed E-state index contributed by atoms with van der Waals surface area (Å²) in [6, 6.07) is 8.44. The molecule has 1 aliphatic carbocycles. The van der Waals surface area contributed by atoms with Crippen LogP contribution >= 0.6 is 0 Å². The molecular weight excluding hydrogens is 336 g/mol. The number of benzene rings is 1. The molecule has 1 atom stereocenters. The van der Waals surface area contributed by atoms with Crippen molar-refractivity contribution < 1.29 is 4.79 Å². The Hall–Kier alpha value is -2.17. The van der Waals surface area contributed by atoms with Crippen LogP contribution in [0.2, 0.25) is 0 Å². The minimum absolute atomic E-state index is 0.110. The molecule has 27 heavy (non-hydrogen) atoms. The Balaban J connectivity index is 1.86. The fourth-order valence-corrected chi connectivity index (χ4v) is 3.25. The average Bonchev–Trinajstić information content (AvgIpc) is 3.49. The Morgan fingerprint density at radius 1 is 1.22 bits per heavy atom. The van der Waals surface area contributed by atoms with Crippen LogP contribution in [0.25, 0.3) is 10.9 Å². The van der Waals surface area contributed by atoms with Crippen molar-refractivity contribution in [3.63, 3.8) is 0 Å². The SMILES string of the molecule is CC[C@H](C)NC(=O)CCN(CC(C)C)c1nc(C2CC2)nc2ccccc12. The Labute approximate surface area is 162 Å². The zero-order valence-electron chi connectivity index (χ0n) is 17.0. The lowest BCUT2D eigenvalue weighted by Gasteiger charge is -2.27. The minimum Gasteiger partial charge on any atom is -0.355 e. The smallest absolute Gasteiger partial charge is 0.221 e. The predicted octanol–water partition coefficient (Wildman–Crippen LogP) is 4.27. The standard InChI is InChI=1S/C22H32N4O/c1-5-16(4)23-20(27)12-13-26(14-15(2)3)22-18-8-6-7-9-19(18)24-21(25-22)17-10-11-17/h6-9,15-17H,5,10-14H2,1-4H3,(H,23,27)/t16-/m0/s1.